The standard InChI is InChI=1S/C88H151NO39/c1-12-14-25-32-55(33-27-22-18-16-20-24-28-34-60(97)121-79-77(127-83-71(108)68(105)62(99)48(7)114-83)73(123-81(110)44(3)46(5)92)50(9)116-87(79)119-58(66(103)64(101)56(95)41-90)40-89-52-36-38-54(112-11)39-37-52)118-85-75(65(102)57(96)43-113-85)125-86-76(70(107)67(104)59(42-91)120-86)126-88-80(122-61(98)35-29-23-19-15-17-21-26-31-53(94)30-13-2)78(128-84-72(109)69(106)63(100)49(8)115-84)74(51(10)117-88)124-82(111)45(4)47(6)93/h36-39,44-51,53,55-59,62-80,83-96,99-109H,12-35,40-43H2,1-11H3/t44-,45+,46+,47+,48-,49-,50-,51-,53-,55-,56+,57+,58-,59+,62-,63-,64+,65-,66+,67+,68+,69+,70-,71+,72+,73-,74-,75+,76+,77+,78+,79+,80+,83-,84-,85-,86-,87-,88-/m0/s1. The number of anilines is 1. The van der Waals surface area contributed by atoms with E-state index in [9.17, 15) is 111 Å². The minimum absolute atomic E-state index is 0.195. The highest BCUT2D eigenvalue weighted by Gasteiger charge is 2.59. The van der Waals surface area contributed by atoms with Gasteiger partial charge in [0.15, 0.2) is 62.2 Å². The molecule has 19 N–H and O–H groups in total. The second-order valence-electron chi connectivity index (χ2n) is 35.2. The van der Waals surface area contributed by atoms with Crippen LogP contribution in [0.4, 0.5) is 5.69 Å². The van der Waals surface area contributed by atoms with E-state index in [-0.39, 0.29) is 31.9 Å². The van der Waals surface area contributed by atoms with Crippen LogP contribution in [0.5, 0.6) is 5.75 Å². The summed E-state index contributed by atoms with van der Waals surface area (Å²) in [5.74, 6) is -5.45. The maximum Gasteiger partial charge on any atom is 0.311 e. The number of aliphatic hydroxyl groups excluding tert-OH is 18. The zero-order chi connectivity index (χ0) is 94.3. The summed E-state index contributed by atoms with van der Waals surface area (Å²) in [7, 11) is 1.47. The van der Waals surface area contributed by atoms with Crippen LogP contribution in [0.25, 0.3) is 0 Å². The molecule has 6 fully saturated rings. The van der Waals surface area contributed by atoms with Gasteiger partial charge in [0.25, 0.3) is 0 Å². The third-order valence-corrected chi connectivity index (χ3v) is 24.8. The smallest absolute Gasteiger partial charge is 0.311 e. The Kier molecular flexibility index (Phi) is 47.9. The lowest BCUT2D eigenvalue weighted by molar-refractivity contribution is -0.397. The molecule has 40 heteroatoms. The molecule has 39 atom stereocenters. The van der Waals surface area contributed by atoms with E-state index in [1.54, 1.807) is 24.3 Å². The topological polar surface area (TPSA) is 601 Å². The third-order valence-electron chi connectivity index (χ3n) is 24.8. The molecule has 0 saturated carbocycles. The molecule has 1 aromatic rings. The number of aliphatic hydroxyl groups is 18. The van der Waals surface area contributed by atoms with Gasteiger partial charge >= 0.3 is 23.9 Å². The van der Waals surface area contributed by atoms with E-state index in [1.807, 2.05) is 13.8 Å². The van der Waals surface area contributed by atoms with Crippen molar-refractivity contribution in [1.29, 1.82) is 0 Å². The van der Waals surface area contributed by atoms with E-state index in [4.69, 9.17) is 80.5 Å². The predicted molar refractivity (Wildman–Crippen MR) is 448 cm³/mol. The summed E-state index contributed by atoms with van der Waals surface area (Å²) in [6.07, 6.45) is -46.1. The molecule has 6 aliphatic heterocycles. The van der Waals surface area contributed by atoms with Crippen molar-refractivity contribution < 1.29 is 192 Å². The molecule has 7 rings (SSSR count). The minimum Gasteiger partial charge on any atom is -0.497 e. The van der Waals surface area contributed by atoms with Gasteiger partial charge < -0.3 is 178 Å². The highest BCUT2D eigenvalue weighted by atomic mass is 16.8. The van der Waals surface area contributed by atoms with E-state index in [0.717, 1.165) is 57.8 Å². The molecule has 0 bridgehead atoms. The van der Waals surface area contributed by atoms with Crippen LogP contribution in [0.1, 0.15) is 223 Å². The van der Waals surface area contributed by atoms with Gasteiger partial charge in [-0.05, 0) is 118 Å². The normalized spacial score (nSPS) is 35.3. The van der Waals surface area contributed by atoms with Gasteiger partial charge in [0.05, 0.1) is 87.6 Å². The van der Waals surface area contributed by atoms with Crippen molar-refractivity contribution in [3.8, 4) is 5.75 Å². The van der Waals surface area contributed by atoms with Crippen molar-refractivity contribution in [2.24, 2.45) is 11.8 Å². The van der Waals surface area contributed by atoms with E-state index < -0.39 is 276 Å². The first-order valence-electron chi connectivity index (χ1n) is 46.0. The van der Waals surface area contributed by atoms with Crippen molar-refractivity contribution in [2.75, 3.05) is 38.8 Å². The molecular weight excluding hydrogens is 1690 g/mol. The van der Waals surface area contributed by atoms with Gasteiger partial charge in [-0.1, -0.05) is 117 Å². The summed E-state index contributed by atoms with van der Waals surface area (Å²) in [6, 6.07) is 6.53. The van der Waals surface area contributed by atoms with E-state index in [0.29, 0.717) is 88.5 Å². The zero-order valence-electron chi connectivity index (χ0n) is 75.7. The minimum atomic E-state index is -2.08. The lowest BCUT2D eigenvalue weighted by atomic mass is 9.95. The van der Waals surface area contributed by atoms with Crippen LogP contribution >= 0.6 is 0 Å². The Morgan fingerprint density at radius 2 is 0.859 bits per heavy atom. The molecule has 742 valence electrons. The fourth-order valence-electron chi connectivity index (χ4n) is 16.1. The Hall–Kier alpha value is -4.50. The predicted octanol–water partition coefficient (Wildman–Crippen LogP) is 0.599. The molecule has 0 spiro atoms. The van der Waals surface area contributed by atoms with Gasteiger partial charge in [-0.15, -0.1) is 0 Å². The van der Waals surface area contributed by atoms with Crippen molar-refractivity contribution >= 4 is 29.6 Å². The Morgan fingerprint density at radius 1 is 0.422 bits per heavy atom. The molecule has 6 aliphatic rings. The molecule has 0 amide bonds. The summed E-state index contributed by atoms with van der Waals surface area (Å²) in [4.78, 5) is 56.3. The molecule has 0 radical (unpaired) electrons. The van der Waals surface area contributed by atoms with Crippen LogP contribution in [0.2, 0.25) is 0 Å². The van der Waals surface area contributed by atoms with Crippen LogP contribution in [0.3, 0.4) is 0 Å². The SMILES string of the molecule is CCCCC[C@@H](CCCCCCCCCC(=O)O[C@H]1[C@H](O[C@@H](CNc2ccc(OC)cc2)[C@@H](O)[C@H](O)[C@H](O)CO)O[C@@H](C)[C@H](OC(=O)[C@@H](C)[C@@H](C)O)[C@H]1O[C@@H]1O[C@@H](C)[C@H](O)[C@@H](O)[C@H]1O)O[C@@H]1OC[C@@H](O)[C@H](O)[C@H]1O[C@@H]1O[C@H](CO)[C@@H](O)[C@H](O)[C@H]1O[C@@H]1O[C@@H](C)[C@H](OC(=O)[C@H](C)[C@@H](C)O)[C@@H](O[C@@H]2O[C@@H](C)[C@H](O)[C@@H](O)[C@H]2O)[C@H]1OC(=O)CCCCCCCCC[C@@H](O)CCC. The Labute approximate surface area is 749 Å². The average molecular weight is 1850 g/mol. The number of esters is 4. The Morgan fingerprint density at radius 3 is 1.33 bits per heavy atom. The first-order valence-corrected chi connectivity index (χ1v) is 46.0. The summed E-state index contributed by atoms with van der Waals surface area (Å²) in [5, 5.41) is 201. The largest absolute Gasteiger partial charge is 0.497 e. The van der Waals surface area contributed by atoms with Crippen LogP contribution in [-0.2, 0) is 95.0 Å². The van der Waals surface area contributed by atoms with E-state index in [2.05, 4.69) is 5.32 Å². The van der Waals surface area contributed by atoms with Crippen molar-refractivity contribution in [2.45, 2.75) is 450 Å². The fourth-order valence-corrected chi connectivity index (χ4v) is 16.1. The van der Waals surface area contributed by atoms with Gasteiger partial charge in [0.2, 0.25) is 0 Å². The Bertz CT molecular complexity index is 3290. The maximum atomic E-state index is 14.4. The average Bonchev–Trinajstić information content (AvgIpc) is 0.761. The number of carbonyl (C=O) groups is 4. The van der Waals surface area contributed by atoms with Gasteiger partial charge in [-0.3, -0.25) is 19.2 Å². The number of hydrogen-bond acceptors (Lipinski definition) is 40. The van der Waals surface area contributed by atoms with Crippen LogP contribution in [0, 0.1) is 11.8 Å². The van der Waals surface area contributed by atoms with Crippen LogP contribution in [-0.4, -0.2) is 376 Å². The van der Waals surface area contributed by atoms with Crippen LogP contribution in [0.15, 0.2) is 24.3 Å². The number of ether oxygens (including phenoxy) is 17. The summed E-state index contributed by atoms with van der Waals surface area (Å²) < 4.78 is 105. The second-order valence-corrected chi connectivity index (χ2v) is 35.2. The molecule has 40 nitrogen and oxygen atoms in total. The van der Waals surface area contributed by atoms with Crippen molar-refractivity contribution in [3.63, 3.8) is 0 Å². The van der Waals surface area contributed by atoms with Gasteiger partial charge in [0, 0.05) is 25.1 Å². The summed E-state index contributed by atoms with van der Waals surface area (Å²) in [5.41, 5.74) is 0.462. The molecule has 6 saturated heterocycles. The lowest BCUT2D eigenvalue weighted by Crippen LogP contribution is -2.67. The quantitative estimate of drug-likeness (QED) is 0.0241. The maximum absolute atomic E-state index is 14.4. The number of methoxy groups -OCH3 is 1. The zero-order valence-corrected chi connectivity index (χ0v) is 75.7. The highest BCUT2D eigenvalue weighted by molar-refractivity contribution is 5.73. The summed E-state index contributed by atoms with van der Waals surface area (Å²) in [6.45, 7) is 12.5. The Balaban J connectivity index is 1.06. The molecule has 0 unspecified atom stereocenters. The van der Waals surface area contributed by atoms with Crippen molar-refractivity contribution in [1.82, 2.24) is 0 Å². The van der Waals surface area contributed by atoms with Gasteiger partial charge in [-0.2, -0.15) is 0 Å². The number of hydrogen-bond donors (Lipinski definition) is 19. The third kappa shape index (κ3) is 32.4. The van der Waals surface area contributed by atoms with E-state index >= 15 is 0 Å². The molecular formula is C88H151NO39. The van der Waals surface area contributed by atoms with Gasteiger partial charge in [0.1, 0.15) is 122 Å². The lowest BCUT2D eigenvalue weighted by Gasteiger charge is -2.50. The first-order chi connectivity index (χ1) is 60.9. The number of benzene rings is 1. The fraction of sp³-hybridized carbons (Fsp3) is 0.886. The molecule has 0 aliphatic carbocycles. The molecule has 0 aromatic heterocycles. The van der Waals surface area contributed by atoms with Gasteiger partial charge in [-0.25, -0.2) is 0 Å². The molecule has 1 aromatic carbocycles. The first kappa shape index (κ1) is 111. The molecule has 128 heavy (non-hydrogen) atoms. The van der Waals surface area contributed by atoms with E-state index in [1.165, 1.54) is 62.5 Å². The monoisotopic (exact) mass is 1850 g/mol. The second kappa shape index (κ2) is 55.5. The van der Waals surface area contributed by atoms with Crippen molar-refractivity contribution in [3.05, 3.63) is 24.3 Å². The summed E-state index contributed by atoms with van der Waals surface area (Å²) >= 11 is 0. The molecule has 6 heterocycles. The number of nitrogens with one attached hydrogen (secondary N) is 1. The number of unbranched alkanes of at least 4 members (excludes halogenated alkanes) is 14. The highest BCUT2D eigenvalue weighted by Crippen LogP contribution is 2.40. The number of carbonyl (C=O) groups excluding carboxylic acids is 4. The number of rotatable bonds is 55. The van der Waals surface area contributed by atoms with Crippen LogP contribution < -0.4 is 10.1 Å².